The fourth-order valence-electron chi connectivity index (χ4n) is 2.02. The summed E-state index contributed by atoms with van der Waals surface area (Å²) in [6.07, 6.45) is 1.76. The van der Waals surface area contributed by atoms with Crippen molar-refractivity contribution in [3.8, 4) is 0 Å². The summed E-state index contributed by atoms with van der Waals surface area (Å²) >= 11 is 0. The summed E-state index contributed by atoms with van der Waals surface area (Å²) in [4.78, 5) is 34.7. The molecule has 0 spiro atoms. The first-order valence-electron chi connectivity index (χ1n) is 5.71. The van der Waals surface area contributed by atoms with E-state index in [0.717, 1.165) is 0 Å². The lowest BCUT2D eigenvalue weighted by Gasteiger charge is -2.32. The number of carboxylic acids is 1. The number of carboxylic acid groups (broad SMARTS) is 1. The van der Waals surface area contributed by atoms with Crippen LogP contribution in [0.1, 0.15) is 26.2 Å². The molecule has 2 amide bonds. The van der Waals surface area contributed by atoms with Crippen LogP contribution in [0.5, 0.6) is 0 Å². The summed E-state index contributed by atoms with van der Waals surface area (Å²) < 4.78 is 0. The maximum Gasteiger partial charge on any atom is 0.315 e. The lowest BCUT2D eigenvalue weighted by atomic mass is 9.92. The van der Waals surface area contributed by atoms with Crippen molar-refractivity contribution in [1.29, 1.82) is 0 Å². The van der Waals surface area contributed by atoms with Gasteiger partial charge in [0.1, 0.15) is 5.92 Å². The van der Waals surface area contributed by atoms with Crippen molar-refractivity contribution in [1.82, 2.24) is 4.90 Å². The summed E-state index contributed by atoms with van der Waals surface area (Å²) in [5.41, 5.74) is 5.11. The smallest absolute Gasteiger partial charge is 0.315 e. The largest absolute Gasteiger partial charge is 0.481 e. The second-order valence-electron chi connectivity index (χ2n) is 4.50. The summed E-state index contributed by atoms with van der Waals surface area (Å²) in [5, 5.41) is 8.75. The number of primary amides is 1. The normalized spacial score (nSPS) is 18.8. The Morgan fingerprint density at radius 1 is 1.35 bits per heavy atom. The molecule has 1 aliphatic heterocycles. The van der Waals surface area contributed by atoms with Crippen LogP contribution in [0.3, 0.4) is 0 Å². The van der Waals surface area contributed by atoms with Crippen molar-refractivity contribution in [2.24, 2.45) is 17.6 Å². The summed E-state index contributed by atoms with van der Waals surface area (Å²) in [7, 11) is 0. The van der Waals surface area contributed by atoms with Crippen LogP contribution in [0.25, 0.3) is 0 Å². The number of piperidine rings is 1. The first-order chi connectivity index (χ1) is 7.91. The van der Waals surface area contributed by atoms with E-state index in [4.69, 9.17) is 10.8 Å². The summed E-state index contributed by atoms with van der Waals surface area (Å²) in [5.74, 6) is -2.56. The third-order valence-electron chi connectivity index (χ3n) is 3.16. The molecule has 1 unspecified atom stereocenters. The molecule has 6 nitrogen and oxygen atoms in total. The van der Waals surface area contributed by atoms with Crippen molar-refractivity contribution >= 4 is 17.8 Å². The monoisotopic (exact) mass is 242 g/mol. The molecular formula is C11H18N2O4. The van der Waals surface area contributed by atoms with Crippen LogP contribution in [0, 0.1) is 11.8 Å². The highest BCUT2D eigenvalue weighted by atomic mass is 16.4. The number of nitrogens with two attached hydrogens (primary N) is 1. The van der Waals surface area contributed by atoms with E-state index in [1.807, 2.05) is 0 Å². The third kappa shape index (κ3) is 3.72. The van der Waals surface area contributed by atoms with Gasteiger partial charge in [-0.25, -0.2) is 0 Å². The Morgan fingerprint density at radius 2 is 1.88 bits per heavy atom. The van der Waals surface area contributed by atoms with Gasteiger partial charge >= 0.3 is 5.97 Å². The van der Waals surface area contributed by atoms with E-state index in [1.165, 1.54) is 6.92 Å². The Balaban J connectivity index is 2.44. The molecule has 0 bridgehead atoms. The molecule has 1 atom stereocenters. The van der Waals surface area contributed by atoms with E-state index in [0.29, 0.717) is 32.4 Å². The Hall–Kier alpha value is -1.59. The Morgan fingerprint density at radius 3 is 2.29 bits per heavy atom. The average molecular weight is 242 g/mol. The van der Waals surface area contributed by atoms with E-state index in [2.05, 4.69) is 0 Å². The topological polar surface area (TPSA) is 101 Å². The van der Waals surface area contributed by atoms with Crippen molar-refractivity contribution in [2.75, 3.05) is 13.1 Å². The number of carbonyl (C=O) groups excluding carboxylic acids is 2. The minimum Gasteiger partial charge on any atom is -0.481 e. The molecule has 1 aliphatic rings. The van der Waals surface area contributed by atoms with E-state index >= 15 is 0 Å². The molecule has 0 aromatic rings. The average Bonchev–Trinajstić information content (AvgIpc) is 2.27. The molecule has 0 aliphatic carbocycles. The Kier molecular flexibility index (Phi) is 4.48. The van der Waals surface area contributed by atoms with Gasteiger partial charge in [0.05, 0.1) is 0 Å². The van der Waals surface area contributed by atoms with Crippen molar-refractivity contribution < 1.29 is 19.5 Å². The summed E-state index contributed by atoms with van der Waals surface area (Å²) in [6, 6.07) is 0. The lowest BCUT2D eigenvalue weighted by Crippen LogP contribution is -2.43. The maximum absolute atomic E-state index is 11.7. The molecule has 0 radical (unpaired) electrons. The molecule has 0 aromatic carbocycles. The zero-order valence-corrected chi connectivity index (χ0v) is 9.89. The molecule has 1 saturated heterocycles. The van der Waals surface area contributed by atoms with Gasteiger partial charge in [0.25, 0.3) is 0 Å². The van der Waals surface area contributed by atoms with Gasteiger partial charge < -0.3 is 15.7 Å². The minimum atomic E-state index is -1.10. The standard InChI is InChI=1S/C11H18N2O4/c1-7(11(16)17)10(15)13-4-2-8(3-5-13)6-9(12)14/h7-8H,2-6H2,1H3,(H2,12,14)(H,16,17). The van der Waals surface area contributed by atoms with E-state index in [-0.39, 0.29) is 17.7 Å². The highest BCUT2D eigenvalue weighted by Gasteiger charge is 2.29. The molecular weight excluding hydrogens is 224 g/mol. The van der Waals surface area contributed by atoms with Gasteiger partial charge in [0.2, 0.25) is 11.8 Å². The van der Waals surface area contributed by atoms with Gasteiger partial charge in [-0.3, -0.25) is 14.4 Å². The minimum absolute atomic E-state index is 0.219. The van der Waals surface area contributed by atoms with Gasteiger partial charge in [0.15, 0.2) is 0 Å². The first kappa shape index (κ1) is 13.5. The van der Waals surface area contributed by atoms with E-state index < -0.39 is 11.9 Å². The maximum atomic E-state index is 11.7. The van der Waals surface area contributed by atoms with E-state index in [1.54, 1.807) is 4.90 Å². The number of hydrogen-bond donors (Lipinski definition) is 2. The fraction of sp³-hybridized carbons (Fsp3) is 0.727. The lowest BCUT2D eigenvalue weighted by molar-refractivity contribution is -0.150. The molecule has 6 heteroatoms. The Labute approximate surface area is 99.8 Å². The highest BCUT2D eigenvalue weighted by molar-refractivity contribution is 5.96. The number of hydrogen-bond acceptors (Lipinski definition) is 3. The molecule has 1 fully saturated rings. The number of likely N-dealkylation sites (tertiary alicyclic amines) is 1. The zero-order valence-electron chi connectivity index (χ0n) is 9.89. The van der Waals surface area contributed by atoms with Crippen LogP contribution in [0.4, 0.5) is 0 Å². The molecule has 0 saturated carbocycles. The predicted molar refractivity (Wildman–Crippen MR) is 59.9 cm³/mol. The van der Waals surface area contributed by atoms with Crippen LogP contribution >= 0.6 is 0 Å². The number of rotatable bonds is 4. The highest BCUT2D eigenvalue weighted by Crippen LogP contribution is 2.21. The van der Waals surface area contributed by atoms with Crippen LogP contribution in [-0.4, -0.2) is 40.9 Å². The van der Waals surface area contributed by atoms with Crippen molar-refractivity contribution in [2.45, 2.75) is 26.2 Å². The Bertz CT molecular complexity index is 321. The molecule has 1 heterocycles. The fourth-order valence-corrected chi connectivity index (χ4v) is 2.02. The van der Waals surface area contributed by atoms with Gasteiger partial charge in [-0.2, -0.15) is 0 Å². The predicted octanol–water partition coefficient (Wildman–Crippen LogP) is -0.179. The van der Waals surface area contributed by atoms with Crippen LogP contribution in [-0.2, 0) is 14.4 Å². The zero-order chi connectivity index (χ0) is 13.0. The number of aliphatic carboxylic acids is 1. The molecule has 0 aromatic heterocycles. The van der Waals surface area contributed by atoms with Crippen LogP contribution < -0.4 is 5.73 Å². The molecule has 96 valence electrons. The van der Waals surface area contributed by atoms with Gasteiger partial charge in [-0.15, -0.1) is 0 Å². The first-order valence-corrected chi connectivity index (χ1v) is 5.71. The van der Waals surface area contributed by atoms with Gasteiger partial charge in [-0.05, 0) is 25.7 Å². The molecule has 3 N–H and O–H groups in total. The van der Waals surface area contributed by atoms with Crippen molar-refractivity contribution in [3.05, 3.63) is 0 Å². The van der Waals surface area contributed by atoms with Crippen molar-refractivity contribution in [3.63, 3.8) is 0 Å². The third-order valence-corrected chi connectivity index (χ3v) is 3.16. The molecule has 1 rings (SSSR count). The number of nitrogens with zero attached hydrogens (tertiary/aromatic N) is 1. The number of amides is 2. The van der Waals surface area contributed by atoms with E-state index in [9.17, 15) is 14.4 Å². The van der Waals surface area contributed by atoms with Gasteiger partial charge in [-0.1, -0.05) is 0 Å². The summed E-state index contributed by atoms with van der Waals surface area (Å²) in [6.45, 7) is 2.41. The second kappa shape index (κ2) is 5.65. The molecule has 17 heavy (non-hydrogen) atoms. The second-order valence-corrected chi connectivity index (χ2v) is 4.50. The van der Waals surface area contributed by atoms with Crippen LogP contribution in [0.15, 0.2) is 0 Å². The number of carbonyl (C=O) groups is 3. The quantitative estimate of drug-likeness (QED) is 0.668. The van der Waals surface area contributed by atoms with Gasteiger partial charge in [0, 0.05) is 19.5 Å². The van der Waals surface area contributed by atoms with Crippen LogP contribution in [0.2, 0.25) is 0 Å². The SMILES string of the molecule is CC(C(=O)O)C(=O)N1CCC(CC(N)=O)CC1.